The van der Waals surface area contributed by atoms with Crippen LogP contribution in [0.3, 0.4) is 0 Å². The van der Waals surface area contributed by atoms with Crippen molar-refractivity contribution in [3.8, 4) is 11.5 Å². The number of ether oxygens (including phenoxy) is 2. The number of carbonyl (C=O) groups excluding carboxylic acids is 1. The Morgan fingerprint density at radius 3 is 2.89 bits per heavy atom. The highest BCUT2D eigenvalue weighted by molar-refractivity contribution is 8.00. The van der Waals surface area contributed by atoms with E-state index in [1.807, 2.05) is 0 Å². The van der Waals surface area contributed by atoms with Crippen LogP contribution in [0.2, 0.25) is 0 Å². The van der Waals surface area contributed by atoms with Crippen molar-refractivity contribution in [3.63, 3.8) is 0 Å². The van der Waals surface area contributed by atoms with Crippen LogP contribution in [0.25, 0.3) is 0 Å². The molecule has 1 aromatic heterocycles. The molecule has 1 N–H and O–H groups in total. The number of thioether (sulfide) groups is 2. The fraction of sp³-hybridized carbons (Fsp3) is 0.389. The van der Waals surface area contributed by atoms with Crippen LogP contribution in [0.1, 0.15) is 12.6 Å². The number of carbonyl (C=O) groups is 1. The first-order valence-electron chi connectivity index (χ1n) is 8.34. The third-order valence-corrected chi connectivity index (χ3v) is 6.34. The van der Waals surface area contributed by atoms with Gasteiger partial charge in [-0.25, -0.2) is 4.98 Å². The van der Waals surface area contributed by atoms with Gasteiger partial charge >= 0.3 is 0 Å². The number of amides is 1. The number of hydrogen-bond donors (Lipinski definition) is 1. The molecule has 1 aliphatic heterocycles. The molecule has 1 amide bonds. The Balaban J connectivity index is 1.71. The predicted octanol–water partition coefficient (Wildman–Crippen LogP) is 2.57. The molecule has 3 rings (SSSR count). The molecule has 0 saturated heterocycles. The summed E-state index contributed by atoms with van der Waals surface area (Å²) in [4.78, 5) is 30.2. The molecular weight excluding hydrogens is 386 g/mol. The molecule has 0 bridgehead atoms. The van der Waals surface area contributed by atoms with Crippen molar-refractivity contribution in [1.29, 1.82) is 0 Å². The number of anilines is 1. The zero-order valence-electron chi connectivity index (χ0n) is 15.6. The van der Waals surface area contributed by atoms with Gasteiger partial charge in [0.2, 0.25) is 5.91 Å². The standard InChI is InChI=1S/C18H21N3O4S2/c1-10-7-13-16(27-10)17(23)21(2)18(20-13)26-9-15(22)19-12-8-11(24-3)5-6-14(12)25-4/h5-6,8,10H,7,9H2,1-4H3,(H,19,22)/t10-/m1/s1. The first-order valence-corrected chi connectivity index (χ1v) is 10.2. The van der Waals surface area contributed by atoms with Crippen molar-refractivity contribution < 1.29 is 14.3 Å². The van der Waals surface area contributed by atoms with E-state index < -0.39 is 0 Å². The van der Waals surface area contributed by atoms with E-state index in [9.17, 15) is 9.59 Å². The van der Waals surface area contributed by atoms with Crippen LogP contribution in [0.4, 0.5) is 5.69 Å². The maximum atomic E-state index is 12.5. The zero-order chi connectivity index (χ0) is 19.6. The number of nitrogens with zero attached hydrogens (tertiary/aromatic N) is 2. The van der Waals surface area contributed by atoms with Crippen molar-refractivity contribution >= 4 is 35.1 Å². The van der Waals surface area contributed by atoms with Crippen molar-refractivity contribution in [2.75, 3.05) is 25.3 Å². The molecule has 1 atom stereocenters. The summed E-state index contributed by atoms with van der Waals surface area (Å²) < 4.78 is 12.0. The summed E-state index contributed by atoms with van der Waals surface area (Å²) in [6.07, 6.45) is 0.775. The molecule has 0 saturated carbocycles. The number of hydrogen-bond acceptors (Lipinski definition) is 7. The van der Waals surface area contributed by atoms with Crippen LogP contribution in [0, 0.1) is 0 Å². The Bertz CT molecular complexity index is 930. The predicted molar refractivity (Wildman–Crippen MR) is 107 cm³/mol. The Hall–Kier alpha value is -2.13. The Kier molecular flexibility index (Phi) is 6.01. The lowest BCUT2D eigenvalue weighted by Gasteiger charge is -2.12. The molecule has 1 aliphatic rings. The fourth-order valence-corrected chi connectivity index (χ4v) is 4.66. The first kappa shape index (κ1) is 19.6. The quantitative estimate of drug-likeness (QED) is 0.582. The SMILES string of the molecule is COc1ccc(OC)c(NC(=O)CSc2nc3c(c(=O)n2C)S[C@H](C)C3)c1. The van der Waals surface area contributed by atoms with E-state index in [1.165, 1.54) is 23.4 Å². The molecule has 0 spiro atoms. The van der Waals surface area contributed by atoms with Crippen LogP contribution in [0.15, 0.2) is 33.0 Å². The number of rotatable bonds is 6. The summed E-state index contributed by atoms with van der Waals surface area (Å²) in [6, 6.07) is 5.18. The average Bonchev–Trinajstić information content (AvgIpc) is 3.04. The molecule has 144 valence electrons. The molecule has 0 unspecified atom stereocenters. The van der Waals surface area contributed by atoms with E-state index in [2.05, 4.69) is 17.2 Å². The van der Waals surface area contributed by atoms with Gasteiger partial charge < -0.3 is 14.8 Å². The lowest BCUT2D eigenvalue weighted by Crippen LogP contribution is -2.23. The molecule has 0 radical (unpaired) electrons. The van der Waals surface area contributed by atoms with Crippen molar-refractivity contribution in [1.82, 2.24) is 9.55 Å². The van der Waals surface area contributed by atoms with Crippen LogP contribution < -0.4 is 20.3 Å². The third-order valence-electron chi connectivity index (χ3n) is 4.09. The summed E-state index contributed by atoms with van der Waals surface area (Å²) >= 11 is 2.80. The van der Waals surface area contributed by atoms with Crippen LogP contribution >= 0.6 is 23.5 Å². The maximum Gasteiger partial charge on any atom is 0.267 e. The van der Waals surface area contributed by atoms with Gasteiger partial charge in [-0.2, -0.15) is 0 Å². The minimum atomic E-state index is -0.218. The maximum absolute atomic E-state index is 12.5. The lowest BCUT2D eigenvalue weighted by atomic mass is 10.2. The van der Waals surface area contributed by atoms with Crippen molar-refractivity contribution in [2.24, 2.45) is 7.05 Å². The second-order valence-electron chi connectivity index (χ2n) is 6.07. The average molecular weight is 408 g/mol. The molecule has 9 heteroatoms. The van der Waals surface area contributed by atoms with Gasteiger partial charge in [-0.15, -0.1) is 11.8 Å². The van der Waals surface area contributed by atoms with E-state index in [0.29, 0.717) is 27.6 Å². The summed E-state index contributed by atoms with van der Waals surface area (Å²) in [5, 5.41) is 3.71. The monoisotopic (exact) mass is 407 g/mol. The highest BCUT2D eigenvalue weighted by Gasteiger charge is 2.25. The largest absolute Gasteiger partial charge is 0.497 e. The summed E-state index contributed by atoms with van der Waals surface area (Å²) in [5.74, 6) is 1.07. The van der Waals surface area contributed by atoms with E-state index in [1.54, 1.807) is 44.1 Å². The molecule has 27 heavy (non-hydrogen) atoms. The molecule has 2 heterocycles. The van der Waals surface area contributed by atoms with Gasteiger partial charge in [-0.05, 0) is 12.1 Å². The van der Waals surface area contributed by atoms with Gasteiger partial charge in [-0.1, -0.05) is 18.7 Å². The Labute approximate surface area is 165 Å². The van der Waals surface area contributed by atoms with Gasteiger partial charge in [0.25, 0.3) is 5.56 Å². The highest BCUT2D eigenvalue weighted by atomic mass is 32.2. The molecule has 0 aliphatic carbocycles. The van der Waals surface area contributed by atoms with Crippen LogP contribution in [-0.2, 0) is 18.3 Å². The number of fused-ring (bicyclic) bond motifs is 1. The molecule has 2 aromatic rings. The highest BCUT2D eigenvalue weighted by Crippen LogP contribution is 2.34. The minimum Gasteiger partial charge on any atom is -0.497 e. The van der Waals surface area contributed by atoms with Gasteiger partial charge in [0, 0.05) is 24.8 Å². The molecule has 0 fully saturated rings. The molecule has 1 aromatic carbocycles. The Morgan fingerprint density at radius 1 is 1.41 bits per heavy atom. The number of methoxy groups -OCH3 is 2. The minimum absolute atomic E-state index is 0.0493. The van der Waals surface area contributed by atoms with E-state index in [-0.39, 0.29) is 17.2 Å². The Morgan fingerprint density at radius 2 is 2.19 bits per heavy atom. The topological polar surface area (TPSA) is 82.5 Å². The third kappa shape index (κ3) is 4.24. The van der Waals surface area contributed by atoms with Crippen LogP contribution in [-0.4, -0.2) is 40.7 Å². The molecular formula is C18H21N3O4S2. The lowest BCUT2D eigenvalue weighted by molar-refractivity contribution is -0.113. The number of aromatic nitrogens is 2. The molecule has 7 nitrogen and oxygen atoms in total. The van der Waals surface area contributed by atoms with E-state index in [4.69, 9.17) is 9.47 Å². The fourth-order valence-electron chi connectivity index (χ4n) is 2.73. The summed E-state index contributed by atoms with van der Waals surface area (Å²) in [6.45, 7) is 2.08. The number of benzene rings is 1. The van der Waals surface area contributed by atoms with Crippen molar-refractivity contribution in [2.45, 2.75) is 28.6 Å². The zero-order valence-corrected chi connectivity index (χ0v) is 17.2. The first-order chi connectivity index (χ1) is 12.9. The number of nitrogens with one attached hydrogen (secondary N) is 1. The second-order valence-corrected chi connectivity index (χ2v) is 8.46. The smallest absolute Gasteiger partial charge is 0.267 e. The van der Waals surface area contributed by atoms with Gasteiger partial charge in [0.15, 0.2) is 5.16 Å². The normalized spacial score (nSPS) is 15.3. The summed E-state index contributed by atoms with van der Waals surface area (Å²) in [7, 11) is 4.78. The van der Waals surface area contributed by atoms with E-state index >= 15 is 0 Å². The van der Waals surface area contributed by atoms with Gasteiger partial charge in [0.1, 0.15) is 11.5 Å². The van der Waals surface area contributed by atoms with Gasteiger partial charge in [-0.3, -0.25) is 14.2 Å². The van der Waals surface area contributed by atoms with Crippen molar-refractivity contribution in [3.05, 3.63) is 34.2 Å². The summed E-state index contributed by atoms with van der Waals surface area (Å²) in [5.41, 5.74) is 1.31. The second kappa shape index (κ2) is 8.26. The van der Waals surface area contributed by atoms with Crippen LogP contribution in [0.5, 0.6) is 11.5 Å². The van der Waals surface area contributed by atoms with Gasteiger partial charge in [0.05, 0.1) is 36.2 Å². The van der Waals surface area contributed by atoms with E-state index in [0.717, 1.165) is 17.0 Å².